The van der Waals surface area contributed by atoms with Gasteiger partial charge in [-0.3, -0.25) is 4.79 Å². The third kappa shape index (κ3) is 6.39. The van der Waals surface area contributed by atoms with Crippen molar-refractivity contribution in [3.63, 3.8) is 0 Å². The summed E-state index contributed by atoms with van der Waals surface area (Å²) >= 11 is 15.1. The van der Waals surface area contributed by atoms with Gasteiger partial charge < -0.3 is 19.9 Å². The Labute approximate surface area is 190 Å². The number of carboxylic acids is 1. The predicted octanol–water partition coefficient (Wildman–Crippen LogP) is 5.16. The molecule has 0 saturated carbocycles. The maximum Gasteiger partial charge on any atom is 0.341 e. The number of nitrogens with zero attached hydrogens (tertiary/aromatic N) is 1. The quantitative estimate of drug-likeness (QED) is 0.372. The Kier molecular flexibility index (Phi) is 8.54. The molecule has 2 rings (SSSR count). The number of nitrogens with one attached hydrogen (secondary N) is 1. The highest BCUT2D eigenvalue weighted by molar-refractivity contribution is 9.10. The van der Waals surface area contributed by atoms with Crippen molar-refractivity contribution >= 4 is 62.8 Å². The summed E-state index contributed by atoms with van der Waals surface area (Å²) in [7, 11) is 0. The number of ether oxygens (including phenoxy) is 2. The predicted molar refractivity (Wildman–Crippen MR) is 117 cm³/mol. The first kappa shape index (κ1) is 23.5. The van der Waals surface area contributed by atoms with E-state index in [1.54, 1.807) is 13.0 Å². The summed E-state index contributed by atoms with van der Waals surface area (Å²) in [4.78, 5) is 23.3. The van der Waals surface area contributed by atoms with E-state index in [2.05, 4.69) is 21.2 Å². The fourth-order valence-electron chi connectivity index (χ4n) is 2.26. The second kappa shape index (κ2) is 10.9. The third-order valence-electron chi connectivity index (χ3n) is 3.56. The fraction of sp³-hybridized carbons (Fsp3) is 0.150. The van der Waals surface area contributed by atoms with E-state index in [1.165, 1.54) is 30.3 Å². The minimum Gasteiger partial charge on any atom is -0.490 e. The van der Waals surface area contributed by atoms with Gasteiger partial charge >= 0.3 is 5.97 Å². The average molecular weight is 514 g/mol. The molecule has 0 heterocycles. The van der Waals surface area contributed by atoms with Gasteiger partial charge in [-0.05, 0) is 48.9 Å². The highest BCUT2D eigenvalue weighted by atomic mass is 79.9. The highest BCUT2D eigenvalue weighted by Crippen LogP contribution is 2.35. The van der Waals surface area contributed by atoms with Crippen LogP contribution in [0.2, 0.25) is 10.0 Å². The van der Waals surface area contributed by atoms with Crippen molar-refractivity contribution in [1.29, 1.82) is 5.26 Å². The van der Waals surface area contributed by atoms with E-state index < -0.39 is 18.5 Å². The Bertz CT molecular complexity index is 1050. The number of carbonyl (C=O) groups excluding carboxylic acids is 1. The van der Waals surface area contributed by atoms with Gasteiger partial charge in [-0.1, -0.05) is 39.1 Å². The molecule has 2 N–H and O–H groups in total. The number of benzene rings is 2. The molecular formula is C20H15BrCl2N2O5. The van der Waals surface area contributed by atoms with E-state index in [4.69, 9.17) is 37.8 Å². The van der Waals surface area contributed by atoms with Crippen LogP contribution in [0.25, 0.3) is 6.08 Å². The minimum absolute atomic E-state index is 0.177. The number of amides is 1. The number of carbonyl (C=O) groups is 2. The second-order valence-electron chi connectivity index (χ2n) is 5.69. The van der Waals surface area contributed by atoms with Crippen LogP contribution in [0.1, 0.15) is 12.5 Å². The molecule has 0 atom stereocenters. The van der Waals surface area contributed by atoms with Crippen LogP contribution in [0.5, 0.6) is 11.5 Å². The van der Waals surface area contributed by atoms with Crippen molar-refractivity contribution in [2.45, 2.75) is 6.92 Å². The van der Waals surface area contributed by atoms with Gasteiger partial charge in [0.15, 0.2) is 18.1 Å². The van der Waals surface area contributed by atoms with Crippen LogP contribution in [0.4, 0.5) is 5.69 Å². The van der Waals surface area contributed by atoms with Crippen molar-refractivity contribution in [1.82, 2.24) is 0 Å². The largest absolute Gasteiger partial charge is 0.490 e. The topological polar surface area (TPSA) is 109 Å². The SMILES string of the molecule is CCOc1cc(/C=C(\C#N)C(=O)Nc2ccc(Cl)c(Cl)c2)c(Br)cc1OCC(=O)O. The van der Waals surface area contributed by atoms with Gasteiger partial charge in [0.25, 0.3) is 5.91 Å². The van der Waals surface area contributed by atoms with Crippen LogP contribution in [-0.2, 0) is 9.59 Å². The summed E-state index contributed by atoms with van der Waals surface area (Å²) in [6.45, 7) is 1.51. The molecule has 10 heteroatoms. The first-order chi connectivity index (χ1) is 14.2. The van der Waals surface area contributed by atoms with E-state index in [9.17, 15) is 14.9 Å². The van der Waals surface area contributed by atoms with Crippen LogP contribution in [-0.4, -0.2) is 30.2 Å². The van der Waals surface area contributed by atoms with Crippen molar-refractivity contribution in [3.8, 4) is 17.6 Å². The molecule has 7 nitrogen and oxygen atoms in total. The Hall–Kier alpha value is -2.73. The van der Waals surface area contributed by atoms with Gasteiger partial charge in [0, 0.05) is 10.2 Å². The molecule has 0 radical (unpaired) electrons. The summed E-state index contributed by atoms with van der Waals surface area (Å²) < 4.78 is 11.2. The molecule has 0 aromatic heterocycles. The van der Waals surface area contributed by atoms with E-state index in [1.807, 2.05) is 6.07 Å². The van der Waals surface area contributed by atoms with Crippen LogP contribution in [0, 0.1) is 11.3 Å². The lowest BCUT2D eigenvalue weighted by Gasteiger charge is -2.13. The molecule has 2 aromatic rings. The first-order valence-electron chi connectivity index (χ1n) is 8.44. The van der Waals surface area contributed by atoms with Gasteiger partial charge in [-0.15, -0.1) is 0 Å². The monoisotopic (exact) mass is 512 g/mol. The fourth-order valence-corrected chi connectivity index (χ4v) is 2.99. The summed E-state index contributed by atoms with van der Waals surface area (Å²) in [6, 6.07) is 9.44. The zero-order valence-corrected chi connectivity index (χ0v) is 18.6. The van der Waals surface area contributed by atoms with Crippen LogP contribution >= 0.6 is 39.1 Å². The molecular weight excluding hydrogens is 499 g/mol. The lowest BCUT2D eigenvalue weighted by Crippen LogP contribution is -2.13. The number of nitriles is 1. The van der Waals surface area contributed by atoms with Crippen molar-refractivity contribution < 1.29 is 24.2 Å². The zero-order chi connectivity index (χ0) is 22.3. The summed E-state index contributed by atoms with van der Waals surface area (Å²) in [5, 5.41) is 21.4. The van der Waals surface area contributed by atoms with E-state index in [0.717, 1.165) is 0 Å². The maximum atomic E-state index is 12.5. The van der Waals surface area contributed by atoms with Crippen molar-refractivity contribution in [2.75, 3.05) is 18.5 Å². The summed E-state index contributed by atoms with van der Waals surface area (Å²) in [5.74, 6) is -1.30. The Morgan fingerprint density at radius 1 is 1.20 bits per heavy atom. The molecule has 0 aliphatic rings. The van der Waals surface area contributed by atoms with Crippen molar-refractivity contribution in [3.05, 3.63) is 56.0 Å². The minimum atomic E-state index is -1.14. The molecule has 0 aliphatic heterocycles. The number of anilines is 1. The Balaban J connectivity index is 2.33. The Morgan fingerprint density at radius 3 is 2.50 bits per heavy atom. The first-order valence-corrected chi connectivity index (χ1v) is 9.99. The molecule has 0 saturated heterocycles. The number of aliphatic carboxylic acids is 1. The Morgan fingerprint density at radius 2 is 1.90 bits per heavy atom. The molecule has 0 aliphatic carbocycles. The van der Waals surface area contributed by atoms with Crippen LogP contribution in [0.3, 0.4) is 0 Å². The van der Waals surface area contributed by atoms with E-state index >= 15 is 0 Å². The van der Waals surface area contributed by atoms with Crippen LogP contribution < -0.4 is 14.8 Å². The number of hydrogen-bond acceptors (Lipinski definition) is 5. The average Bonchev–Trinajstić information content (AvgIpc) is 2.69. The van der Waals surface area contributed by atoms with Gasteiger partial charge in [0.2, 0.25) is 0 Å². The molecule has 0 bridgehead atoms. The molecule has 0 fully saturated rings. The number of hydrogen-bond donors (Lipinski definition) is 2. The van der Waals surface area contributed by atoms with Crippen molar-refractivity contribution in [2.24, 2.45) is 0 Å². The number of rotatable bonds is 8. The highest BCUT2D eigenvalue weighted by Gasteiger charge is 2.15. The van der Waals surface area contributed by atoms with Crippen LogP contribution in [0.15, 0.2) is 40.4 Å². The van der Waals surface area contributed by atoms with Gasteiger partial charge in [-0.2, -0.15) is 5.26 Å². The summed E-state index contributed by atoms with van der Waals surface area (Å²) in [5.41, 5.74) is 0.660. The lowest BCUT2D eigenvalue weighted by atomic mass is 10.1. The molecule has 30 heavy (non-hydrogen) atoms. The smallest absolute Gasteiger partial charge is 0.341 e. The summed E-state index contributed by atoms with van der Waals surface area (Å²) in [6.07, 6.45) is 1.36. The zero-order valence-electron chi connectivity index (χ0n) is 15.5. The number of halogens is 3. The maximum absolute atomic E-state index is 12.5. The number of carboxylic acid groups (broad SMARTS) is 1. The molecule has 1 amide bonds. The second-order valence-corrected chi connectivity index (χ2v) is 7.36. The normalized spacial score (nSPS) is 10.8. The standard InChI is InChI=1S/C20H15BrCl2N2O5/c1-2-29-17-6-11(14(21)8-18(17)30-10-19(26)27)5-12(9-24)20(28)25-13-3-4-15(22)16(23)7-13/h3-8H,2,10H2,1H3,(H,25,28)(H,26,27)/b12-5+. The van der Waals surface area contributed by atoms with Gasteiger partial charge in [0.05, 0.1) is 16.7 Å². The molecule has 2 aromatic carbocycles. The molecule has 0 unspecified atom stereocenters. The van der Waals surface area contributed by atoms with Gasteiger partial charge in [-0.25, -0.2) is 4.79 Å². The molecule has 156 valence electrons. The molecule has 0 spiro atoms. The van der Waals surface area contributed by atoms with E-state index in [0.29, 0.717) is 27.4 Å². The van der Waals surface area contributed by atoms with E-state index in [-0.39, 0.29) is 22.1 Å². The van der Waals surface area contributed by atoms with Gasteiger partial charge in [0.1, 0.15) is 11.6 Å². The lowest BCUT2D eigenvalue weighted by molar-refractivity contribution is -0.139. The third-order valence-corrected chi connectivity index (χ3v) is 4.98.